The minimum atomic E-state index is 0.269. The van der Waals surface area contributed by atoms with Crippen LogP contribution in [0.15, 0.2) is 24.3 Å². The van der Waals surface area contributed by atoms with E-state index in [2.05, 4.69) is 43.1 Å². The number of carbonyl (C=O) groups is 1. The van der Waals surface area contributed by atoms with Gasteiger partial charge in [-0.2, -0.15) is 0 Å². The first kappa shape index (κ1) is 14.9. The number of nitrogens with zero attached hydrogens (tertiary/aromatic N) is 1. The highest BCUT2D eigenvalue weighted by atomic mass is 16.1. The normalized spacial score (nSPS) is 10.9. The number of likely N-dealkylation sites (N-methyl/N-ethyl adjacent to an activating group) is 1. The van der Waals surface area contributed by atoms with E-state index in [0.717, 1.165) is 19.5 Å². The summed E-state index contributed by atoms with van der Waals surface area (Å²) in [5.74, 6) is 0.269. The second-order valence-electron chi connectivity index (χ2n) is 5.07. The molecule has 0 amide bonds. The highest BCUT2D eigenvalue weighted by molar-refractivity contribution is 5.75. The van der Waals surface area contributed by atoms with E-state index in [9.17, 15) is 4.79 Å². The van der Waals surface area contributed by atoms with Crippen LogP contribution in [0.3, 0.4) is 0 Å². The molecule has 18 heavy (non-hydrogen) atoms. The van der Waals surface area contributed by atoms with Gasteiger partial charge in [0.15, 0.2) is 0 Å². The summed E-state index contributed by atoms with van der Waals surface area (Å²) in [5.41, 5.74) is 2.80. The molecule has 2 heteroatoms. The van der Waals surface area contributed by atoms with Gasteiger partial charge in [0.2, 0.25) is 0 Å². The number of benzene rings is 1. The molecule has 0 radical (unpaired) electrons. The van der Waals surface area contributed by atoms with E-state index < -0.39 is 0 Å². The Bertz CT molecular complexity index is 356. The lowest BCUT2D eigenvalue weighted by Crippen LogP contribution is -2.23. The second-order valence-corrected chi connectivity index (χ2v) is 5.07. The molecule has 0 aromatic heterocycles. The van der Waals surface area contributed by atoms with Crippen LogP contribution in [0.1, 0.15) is 37.8 Å². The van der Waals surface area contributed by atoms with Gasteiger partial charge in [0.1, 0.15) is 5.78 Å². The molecule has 0 heterocycles. The molecule has 0 N–H and O–H groups in total. The number of hydrogen-bond donors (Lipinski definition) is 0. The van der Waals surface area contributed by atoms with Crippen molar-refractivity contribution in [1.29, 1.82) is 0 Å². The predicted octanol–water partition coefficient (Wildman–Crippen LogP) is 3.09. The molecule has 100 valence electrons. The number of hydrogen-bond acceptors (Lipinski definition) is 2. The summed E-state index contributed by atoms with van der Waals surface area (Å²) in [7, 11) is 2.08. The molecule has 0 bridgehead atoms. The van der Waals surface area contributed by atoms with Crippen molar-refractivity contribution < 1.29 is 4.79 Å². The zero-order chi connectivity index (χ0) is 13.4. The smallest absolute Gasteiger partial charge is 0.131 e. The lowest BCUT2D eigenvalue weighted by atomic mass is 10.1. The molecule has 1 aromatic carbocycles. The van der Waals surface area contributed by atoms with E-state index in [4.69, 9.17) is 0 Å². The number of aryl methyl sites for hydroxylation is 1. The lowest BCUT2D eigenvalue weighted by Gasteiger charge is -2.15. The summed E-state index contributed by atoms with van der Waals surface area (Å²) in [6.45, 7) is 5.74. The molecule has 1 aromatic rings. The Morgan fingerprint density at radius 2 is 1.61 bits per heavy atom. The molecule has 0 spiro atoms. The van der Waals surface area contributed by atoms with Crippen LogP contribution in [0.25, 0.3) is 0 Å². The Morgan fingerprint density at radius 3 is 2.11 bits per heavy atom. The maximum atomic E-state index is 10.9. The fraction of sp³-hybridized carbons (Fsp3) is 0.562. The van der Waals surface area contributed by atoms with Gasteiger partial charge in [0.05, 0.1) is 0 Å². The molecule has 0 aliphatic carbocycles. The first-order valence-corrected chi connectivity index (χ1v) is 6.87. The monoisotopic (exact) mass is 247 g/mol. The first-order chi connectivity index (χ1) is 8.61. The molecular weight excluding hydrogens is 222 g/mol. The number of ketones is 1. The standard InChI is InChI=1S/C16H25NO/c1-4-5-15-6-8-16(9-7-15)11-13-17(3)12-10-14(2)18/h6-9H,4-5,10-13H2,1-3H3. The van der Waals surface area contributed by atoms with Gasteiger partial charge in [0, 0.05) is 19.5 Å². The molecule has 0 atom stereocenters. The Hall–Kier alpha value is -1.15. The summed E-state index contributed by atoms with van der Waals surface area (Å²) < 4.78 is 0. The lowest BCUT2D eigenvalue weighted by molar-refractivity contribution is -0.117. The predicted molar refractivity (Wildman–Crippen MR) is 76.9 cm³/mol. The zero-order valence-corrected chi connectivity index (χ0v) is 11.9. The molecule has 0 saturated carbocycles. The maximum Gasteiger partial charge on any atom is 0.131 e. The van der Waals surface area contributed by atoms with E-state index in [1.807, 2.05) is 0 Å². The number of rotatable bonds is 8. The molecule has 0 aliphatic rings. The third kappa shape index (κ3) is 5.97. The van der Waals surface area contributed by atoms with E-state index in [-0.39, 0.29) is 5.78 Å². The third-order valence-corrected chi connectivity index (χ3v) is 3.19. The topological polar surface area (TPSA) is 20.3 Å². The number of Topliss-reactive ketones (excluding diaryl/α,β-unsaturated/α-hetero) is 1. The average molecular weight is 247 g/mol. The van der Waals surface area contributed by atoms with Crippen LogP contribution in [0.4, 0.5) is 0 Å². The fourth-order valence-corrected chi connectivity index (χ4v) is 1.94. The van der Waals surface area contributed by atoms with Crippen LogP contribution in [-0.2, 0) is 17.6 Å². The SMILES string of the molecule is CCCc1ccc(CCN(C)CCC(C)=O)cc1. The molecule has 0 aliphatic heterocycles. The summed E-state index contributed by atoms with van der Waals surface area (Å²) in [4.78, 5) is 13.1. The minimum Gasteiger partial charge on any atom is -0.306 e. The van der Waals surface area contributed by atoms with Gasteiger partial charge in [0.25, 0.3) is 0 Å². The third-order valence-electron chi connectivity index (χ3n) is 3.19. The summed E-state index contributed by atoms with van der Waals surface area (Å²) in [5, 5.41) is 0. The van der Waals surface area contributed by atoms with Crippen molar-refractivity contribution in [2.75, 3.05) is 20.1 Å². The van der Waals surface area contributed by atoms with E-state index >= 15 is 0 Å². The first-order valence-electron chi connectivity index (χ1n) is 6.87. The molecular formula is C16H25NO. The van der Waals surface area contributed by atoms with Crippen molar-refractivity contribution in [3.8, 4) is 0 Å². The number of carbonyl (C=O) groups excluding carboxylic acids is 1. The fourth-order valence-electron chi connectivity index (χ4n) is 1.94. The van der Waals surface area contributed by atoms with Crippen molar-refractivity contribution in [2.24, 2.45) is 0 Å². The summed E-state index contributed by atoms with van der Waals surface area (Å²) >= 11 is 0. The molecule has 2 nitrogen and oxygen atoms in total. The van der Waals surface area contributed by atoms with Gasteiger partial charge >= 0.3 is 0 Å². The molecule has 0 unspecified atom stereocenters. The van der Waals surface area contributed by atoms with E-state index in [1.54, 1.807) is 6.92 Å². The van der Waals surface area contributed by atoms with Crippen molar-refractivity contribution in [1.82, 2.24) is 4.90 Å². The highest BCUT2D eigenvalue weighted by Crippen LogP contribution is 2.07. The van der Waals surface area contributed by atoms with Gasteiger partial charge in [-0.1, -0.05) is 37.6 Å². The zero-order valence-electron chi connectivity index (χ0n) is 11.9. The van der Waals surface area contributed by atoms with Crippen molar-refractivity contribution in [2.45, 2.75) is 39.5 Å². The Balaban J connectivity index is 2.31. The maximum absolute atomic E-state index is 10.9. The highest BCUT2D eigenvalue weighted by Gasteiger charge is 2.01. The van der Waals surface area contributed by atoms with Gasteiger partial charge in [-0.05, 0) is 37.9 Å². The minimum absolute atomic E-state index is 0.269. The Morgan fingerprint density at radius 1 is 1.06 bits per heavy atom. The van der Waals surface area contributed by atoms with Crippen LogP contribution in [0.5, 0.6) is 0 Å². The van der Waals surface area contributed by atoms with E-state index in [0.29, 0.717) is 6.42 Å². The average Bonchev–Trinajstić information content (AvgIpc) is 2.36. The Kier molecular flexibility index (Phi) is 6.66. The van der Waals surface area contributed by atoms with Crippen LogP contribution in [0, 0.1) is 0 Å². The quantitative estimate of drug-likeness (QED) is 0.703. The molecule has 0 saturated heterocycles. The second kappa shape index (κ2) is 8.04. The van der Waals surface area contributed by atoms with Crippen LogP contribution in [-0.4, -0.2) is 30.8 Å². The van der Waals surface area contributed by atoms with Gasteiger partial charge in [-0.15, -0.1) is 0 Å². The Labute approximate surface area is 111 Å². The molecule has 0 fully saturated rings. The van der Waals surface area contributed by atoms with E-state index in [1.165, 1.54) is 24.0 Å². The van der Waals surface area contributed by atoms with Crippen molar-refractivity contribution in [3.05, 3.63) is 35.4 Å². The van der Waals surface area contributed by atoms with Crippen LogP contribution >= 0.6 is 0 Å². The van der Waals surface area contributed by atoms with Gasteiger partial charge in [-0.3, -0.25) is 4.79 Å². The van der Waals surface area contributed by atoms with Crippen molar-refractivity contribution in [3.63, 3.8) is 0 Å². The van der Waals surface area contributed by atoms with Gasteiger partial charge < -0.3 is 4.90 Å². The van der Waals surface area contributed by atoms with Crippen molar-refractivity contribution >= 4 is 5.78 Å². The molecule has 1 rings (SSSR count). The largest absolute Gasteiger partial charge is 0.306 e. The van der Waals surface area contributed by atoms with Gasteiger partial charge in [-0.25, -0.2) is 0 Å². The summed E-state index contributed by atoms with van der Waals surface area (Å²) in [6, 6.07) is 8.91. The van der Waals surface area contributed by atoms with Crippen LogP contribution in [0.2, 0.25) is 0 Å². The summed E-state index contributed by atoms with van der Waals surface area (Å²) in [6.07, 6.45) is 4.08. The van der Waals surface area contributed by atoms with Crippen LogP contribution < -0.4 is 0 Å².